The number of nitrogens with zero attached hydrogens (tertiary/aromatic N) is 2. The average Bonchev–Trinajstić information content (AvgIpc) is 3.25. The lowest BCUT2D eigenvalue weighted by Crippen LogP contribution is -2.46. The van der Waals surface area contributed by atoms with Gasteiger partial charge in [0.15, 0.2) is 5.96 Å². The lowest BCUT2D eigenvalue weighted by molar-refractivity contribution is -0.121. The Kier molecular flexibility index (Phi) is 6.60. The predicted molar refractivity (Wildman–Crippen MR) is 103 cm³/mol. The molecular formula is C20H36N4O. The molecule has 2 N–H and O–H groups in total. The minimum absolute atomic E-state index is 0.171. The van der Waals surface area contributed by atoms with Crippen LogP contribution < -0.4 is 10.6 Å². The van der Waals surface area contributed by atoms with Gasteiger partial charge < -0.3 is 15.5 Å². The molecule has 3 rings (SSSR count). The highest BCUT2D eigenvalue weighted by Crippen LogP contribution is 2.49. The van der Waals surface area contributed by atoms with Crippen molar-refractivity contribution in [2.45, 2.75) is 58.3 Å². The highest BCUT2D eigenvalue weighted by atomic mass is 16.1. The van der Waals surface area contributed by atoms with Gasteiger partial charge in [-0.25, -0.2) is 0 Å². The fourth-order valence-electron chi connectivity index (χ4n) is 5.21. The summed E-state index contributed by atoms with van der Waals surface area (Å²) in [6, 6.07) is 0. The molecule has 0 aromatic carbocycles. The first-order valence-corrected chi connectivity index (χ1v) is 10.4. The van der Waals surface area contributed by atoms with E-state index in [0.717, 1.165) is 62.7 Å². The molecule has 1 aliphatic heterocycles. The number of amides is 1. The van der Waals surface area contributed by atoms with Crippen molar-refractivity contribution in [1.82, 2.24) is 15.5 Å². The molecule has 0 radical (unpaired) electrons. The van der Waals surface area contributed by atoms with Crippen LogP contribution in [0.3, 0.4) is 0 Å². The van der Waals surface area contributed by atoms with Crippen LogP contribution in [0.5, 0.6) is 0 Å². The number of hydrogen-bond acceptors (Lipinski definition) is 2. The van der Waals surface area contributed by atoms with Gasteiger partial charge in [0.05, 0.1) is 0 Å². The summed E-state index contributed by atoms with van der Waals surface area (Å²) < 4.78 is 0. The molecule has 0 aromatic heterocycles. The molecule has 3 fully saturated rings. The van der Waals surface area contributed by atoms with Crippen LogP contribution in [-0.4, -0.2) is 50.0 Å². The normalized spacial score (nSPS) is 29.9. The first-order chi connectivity index (χ1) is 12.2. The van der Waals surface area contributed by atoms with E-state index in [1.165, 1.54) is 32.1 Å². The molecule has 3 atom stereocenters. The molecule has 0 spiro atoms. The van der Waals surface area contributed by atoms with Gasteiger partial charge in [-0.15, -0.1) is 0 Å². The van der Waals surface area contributed by atoms with Gasteiger partial charge in [0.2, 0.25) is 5.91 Å². The molecular weight excluding hydrogens is 312 g/mol. The summed E-state index contributed by atoms with van der Waals surface area (Å²) in [4.78, 5) is 18.9. The fraction of sp³-hybridized carbons (Fsp3) is 0.900. The van der Waals surface area contributed by atoms with Gasteiger partial charge in [-0.3, -0.25) is 9.79 Å². The Morgan fingerprint density at radius 3 is 2.56 bits per heavy atom. The third-order valence-electron chi connectivity index (χ3n) is 6.65. The summed E-state index contributed by atoms with van der Waals surface area (Å²) in [7, 11) is 1.73. The van der Waals surface area contributed by atoms with E-state index in [1.54, 1.807) is 7.05 Å². The van der Waals surface area contributed by atoms with Crippen LogP contribution in [0, 0.1) is 23.7 Å². The minimum atomic E-state index is 0.171. The summed E-state index contributed by atoms with van der Waals surface area (Å²) >= 11 is 0. The number of guanidine groups is 1. The Morgan fingerprint density at radius 1 is 1.16 bits per heavy atom. The smallest absolute Gasteiger partial charge is 0.220 e. The fourth-order valence-corrected chi connectivity index (χ4v) is 5.21. The van der Waals surface area contributed by atoms with E-state index in [4.69, 9.17) is 4.99 Å². The summed E-state index contributed by atoms with van der Waals surface area (Å²) in [6.07, 6.45) is 10.0. The van der Waals surface area contributed by atoms with Crippen LogP contribution in [-0.2, 0) is 4.79 Å². The Balaban J connectivity index is 1.45. The molecule has 1 amide bonds. The summed E-state index contributed by atoms with van der Waals surface area (Å²) in [5, 5.41) is 6.22. The second-order valence-corrected chi connectivity index (χ2v) is 8.27. The van der Waals surface area contributed by atoms with Crippen LogP contribution in [0.4, 0.5) is 0 Å². The second kappa shape index (κ2) is 8.91. The van der Waals surface area contributed by atoms with Crippen molar-refractivity contribution < 1.29 is 4.79 Å². The van der Waals surface area contributed by atoms with Gasteiger partial charge in [-0.1, -0.05) is 6.42 Å². The lowest BCUT2D eigenvalue weighted by atomic mass is 9.86. The number of rotatable bonds is 6. The maximum absolute atomic E-state index is 11.6. The van der Waals surface area contributed by atoms with Gasteiger partial charge in [-0.05, 0) is 69.1 Å². The Bertz CT molecular complexity index is 470. The molecule has 1 heterocycles. The van der Waals surface area contributed by atoms with Crippen molar-refractivity contribution in [3.05, 3.63) is 0 Å². The van der Waals surface area contributed by atoms with Crippen LogP contribution in [0.2, 0.25) is 0 Å². The number of fused-ring (bicyclic) bond motifs is 2. The lowest BCUT2D eigenvalue weighted by Gasteiger charge is -2.34. The number of nitrogens with one attached hydrogen (secondary N) is 2. The van der Waals surface area contributed by atoms with E-state index >= 15 is 0 Å². The molecule has 3 aliphatic rings. The maximum Gasteiger partial charge on any atom is 0.220 e. The van der Waals surface area contributed by atoms with Crippen molar-refractivity contribution in [1.29, 1.82) is 0 Å². The van der Waals surface area contributed by atoms with E-state index in [2.05, 4.69) is 22.5 Å². The topological polar surface area (TPSA) is 56.7 Å². The Morgan fingerprint density at radius 2 is 1.96 bits per heavy atom. The van der Waals surface area contributed by atoms with Crippen molar-refractivity contribution in [3.8, 4) is 0 Å². The SMILES string of the molecule is CCNC(=NCCC1CC2CCC1C2)N1CCC(CC(=O)NC)CC1. The third kappa shape index (κ3) is 4.89. The summed E-state index contributed by atoms with van der Waals surface area (Å²) in [6.45, 7) is 6.06. The molecule has 3 unspecified atom stereocenters. The summed E-state index contributed by atoms with van der Waals surface area (Å²) in [5.74, 6) is 4.75. The highest BCUT2D eigenvalue weighted by molar-refractivity contribution is 5.80. The first-order valence-electron chi connectivity index (χ1n) is 10.4. The van der Waals surface area contributed by atoms with Crippen molar-refractivity contribution in [2.75, 3.05) is 33.2 Å². The zero-order valence-corrected chi connectivity index (χ0v) is 16.1. The van der Waals surface area contributed by atoms with Crippen LogP contribution in [0.25, 0.3) is 0 Å². The maximum atomic E-state index is 11.6. The molecule has 5 heteroatoms. The number of hydrogen-bond donors (Lipinski definition) is 2. The number of carbonyl (C=O) groups excluding carboxylic acids is 1. The van der Waals surface area contributed by atoms with Gasteiger partial charge in [0.1, 0.15) is 0 Å². The van der Waals surface area contributed by atoms with Crippen molar-refractivity contribution >= 4 is 11.9 Å². The van der Waals surface area contributed by atoms with Crippen LogP contribution in [0.15, 0.2) is 4.99 Å². The zero-order chi connectivity index (χ0) is 17.6. The van der Waals surface area contributed by atoms with Gasteiger partial charge in [0.25, 0.3) is 0 Å². The highest BCUT2D eigenvalue weighted by Gasteiger charge is 2.38. The molecule has 25 heavy (non-hydrogen) atoms. The van der Waals surface area contributed by atoms with E-state index in [9.17, 15) is 4.79 Å². The number of carbonyl (C=O) groups is 1. The van der Waals surface area contributed by atoms with E-state index in [-0.39, 0.29) is 5.91 Å². The molecule has 5 nitrogen and oxygen atoms in total. The summed E-state index contributed by atoms with van der Waals surface area (Å²) in [5.41, 5.74) is 0. The second-order valence-electron chi connectivity index (χ2n) is 8.27. The zero-order valence-electron chi connectivity index (χ0n) is 16.1. The van der Waals surface area contributed by atoms with Gasteiger partial charge in [-0.2, -0.15) is 0 Å². The van der Waals surface area contributed by atoms with Gasteiger partial charge in [0, 0.05) is 39.6 Å². The Labute approximate surface area is 153 Å². The van der Waals surface area contributed by atoms with E-state index < -0.39 is 0 Å². The number of aliphatic imine (C=N–C) groups is 1. The molecule has 2 aliphatic carbocycles. The van der Waals surface area contributed by atoms with E-state index in [1.807, 2.05) is 0 Å². The quantitative estimate of drug-likeness (QED) is 0.573. The molecule has 142 valence electrons. The number of likely N-dealkylation sites (tertiary alicyclic amines) is 1. The van der Waals surface area contributed by atoms with Crippen molar-refractivity contribution in [2.24, 2.45) is 28.7 Å². The van der Waals surface area contributed by atoms with Crippen LogP contribution in [0.1, 0.15) is 58.3 Å². The predicted octanol–water partition coefficient (Wildman–Crippen LogP) is 2.63. The standard InChI is InChI=1S/C20H36N4O/c1-3-22-20(23-9-6-18-13-16-4-5-17(18)12-16)24-10-7-15(8-11-24)14-19(25)21-2/h15-18H,3-14H2,1-2H3,(H,21,25)(H,22,23). The molecule has 2 saturated carbocycles. The largest absolute Gasteiger partial charge is 0.359 e. The monoisotopic (exact) mass is 348 g/mol. The minimum Gasteiger partial charge on any atom is -0.359 e. The van der Waals surface area contributed by atoms with E-state index in [0.29, 0.717) is 12.3 Å². The van der Waals surface area contributed by atoms with Gasteiger partial charge >= 0.3 is 0 Å². The Hall–Kier alpha value is -1.26. The molecule has 2 bridgehead atoms. The molecule has 1 saturated heterocycles. The van der Waals surface area contributed by atoms with Crippen LogP contribution >= 0.6 is 0 Å². The number of piperidine rings is 1. The van der Waals surface area contributed by atoms with Crippen molar-refractivity contribution in [3.63, 3.8) is 0 Å². The average molecular weight is 349 g/mol. The third-order valence-corrected chi connectivity index (χ3v) is 6.65. The molecule has 0 aromatic rings. The first kappa shape index (κ1) is 18.5.